The monoisotopic (exact) mass is 484 g/mol. The molecule has 0 spiro atoms. The number of likely N-dealkylation sites (tertiary alicyclic amines) is 2. The van der Waals surface area contributed by atoms with Gasteiger partial charge in [0.1, 0.15) is 17.8 Å². The zero-order chi connectivity index (χ0) is 25.2. The second-order valence-corrected chi connectivity index (χ2v) is 9.32. The largest absolute Gasteiger partial charge is 0.340 e. The van der Waals surface area contributed by atoms with Crippen molar-refractivity contribution in [1.82, 2.24) is 20.1 Å². The summed E-state index contributed by atoms with van der Waals surface area (Å²) >= 11 is 0. The van der Waals surface area contributed by atoms with Gasteiger partial charge in [-0.3, -0.25) is 24.2 Å². The SMILES string of the molecule is CCCC(NC(=O)c1ccc2ccccc2c1)C(=O)N1CCC2C1C(=O)CN2C(=O)c1ccccn1. The molecule has 1 N–H and O–H groups in total. The van der Waals surface area contributed by atoms with E-state index < -0.39 is 12.1 Å². The molecule has 3 aromatic rings. The van der Waals surface area contributed by atoms with Crippen LogP contribution >= 0.6 is 0 Å². The number of carbonyl (C=O) groups excluding carboxylic acids is 4. The lowest BCUT2D eigenvalue weighted by Crippen LogP contribution is -2.52. The molecule has 2 aromatic carbocycles. The Balaban J connectivity index is 1.32. The third-order valence-corrected chi connectivity index (χ3v) is 7.04. The molecule has 8 nitrogen and oxygen atoms in total. The van der Waals surface area contributed by atoms with Gasteiger partial charge in [-0.1, -0.05) is 49.7 Å². The van der Waals surface area contributed by atoms with Crippen LogP contribution in [-0.4, -0.2) is 69.5 Å². The van der Waals surface area contributed by atoms with E-state index in [4.69, 9.17) is 0 Å². The molecule has 2 aliphatic rings. The highest BCUT2D eigenvalue weighted by atomic mass is 16.2. The summed E-state index contributed by atoms with van der Waals surface area (Å²) < 4.78 is 0. The van der Waals surface area contributed by atoms with Crippen LogP contribution in [0.15, 0.2) is 66.9 Å². The van der Waals surface area contributed by atoms with Gasteiger partial charge in [0.15, 0.2) is 5.78 Å². The van der Waals surface area contributed by atoms with Crippen molar-refractivity contribution in [2.45, 2.75) is 44.3 Å². The van der Waals surface area contributed by atoms with Crippen molar-refractivity contribution < 1.29 is 19.2 Å². The van der Waals surface area contributed by atoms with Gasteiger partial charge in [-0.05, 0) is 47.9 Å². The molecule has 36 heavy (non-hydrogen) atoms. The molecule has 2 fully saturated rings. The van der Waals surface area contributed by atoms with Gasteiger partial charge in [-0.2, -0.15) is 0 Å². The van der Waals surface area contributed by atoms with Crippen molar-refractivity contribution in [3.05, 3.63) is 78.1 Å². The fourth-order valence-corrected chi connectivity index (χ4v) is 5.29. The molecule has 3 amide bonds. The summed E-state index contributed by atoms with van der Waals surface area (Å²) in [4.78, 5) is 59.8. The van der Waals surface area contributed by atoms with Crippen molar-refractivity contribution >= 4 is 34.3 Å². The molecule has 0 bridgehead atoms. The molecule has 1 aromatic heterocycles. The number of fused-ring (bicyclic) bond motifs is 2. The smallest absolute Gasteiger partial charge is 0.273 e. The van der Waals surface area contributed by atoms with Crippen LogP contribution in [0.5, 0.6) is 0 Å². The van der Waals surface area contributed by atoms with Crippen LogP contribution in [0.2, 0.25) is 0 Å². The minimum absolute atomic E-state index is 0.0452. The number of nitrogens with zero attached hydrogens (tertiary/aromatic N) is 3. The number of ketones is 1. The molecule has 3 unspecified atom stereocenters. The lowest BCUT2D eigenvalue weighted by Gasteiger charge is -2.28. The van der Waals surface area contributed by atoms with E-state index in [2.05, 4.69) is 10.3 Å². The Labute approximate surface area is 209 Å². The summed E-state index contributed by atoms with van der Waals surface area (Å²) in [5, 5.41) is 4.87. The highest BCUT2D eigenvalue weighted by Crippen LogP contribution is 2.31. The fourth-order valence-electron chi connectivity index (χ4n) is 5.29. The highest BCUT2D eigenvalue weighted by molar-refractivity contribution is 6.03. The minimum Gasteiger partial charge on any atom is -0.340 e. The Morgan fingerprint density at radius 1 is 1.03 bits per heavy atom. The van der Waals surface area contributed by atoms with Crippen molar-refractivity contribution in [2.75, 3.05) is 13.1 Å². The summed E-state index contributed by atoms with van der Waals surface area (Å²) in [6.07, 6.45) is 3.20. The molecule has 5 rings (SSSR count). The molecule has 2 aliphatic heterocycles. The molecular formula is C28H28N4O4. The molecule has 184 valence electrons. The Kier molecular flexibility index (Phi) is 6.50. The van der Waals surface area contributed by atoms with Gasteiger partial charge in [0.2, 0.25) is 5.91 Å². The summed E-state index contributed by atoms with van der Waals surface area (Å²) in [6.45, 7) is 2.26. The maximum atomic E-state index is 13.6. The van der Waals surface area contributed by atoms with E-state index in [0.29, 0.717) is 31.4 Å². The maximum Gasteiger partial charge on any atom is 0.273 e. The number of aromatic nitrogens is 1. The van der Waals surface area contributed by atoms with Crippen molar-refractivity contribution in [2.24, 2.45) is 0 Å². The van der Waals surface area contributed by atoms with E-state index in [1.807, 2.05) is 43.3 Å². The Morgan fingerprint density at radius 3 is 2.56 bits per heavy atom. The van der Waals surface area contributed by atoms with Crippen LogP contribution < -0.4 is 5.32 Å². The summed E-state index contributed by atoms with van der Waals surface area (Å²) in [6, 6.07) is 16.5. The molecule has 8 heteroatoms. The first-order chi connectivity index (χ1) is 17.5. The molecule has 0 radical (unpaired) electrons. The third-order valence-electron chi connectivity index (χ3n) is 7.04. The van der Waals surface area contributed by atoms with Gasteiger partial charge >= 0.3 is 0 Å². The number of Topliss-reactive ketones (excluding diaryl/α,β-unsaturated/α-hetero) is 1. The molecule has 0 saturated carbocycles. The first-order valence-electron chi connectivity index (χ1n) is 12.3. The summed E-state index contributed by atoms with van der Waals surface area (Å²) in [5.41, 5.74) is 0.758. The van der Waals surface area contributed by atoms with E-state index in [1.165, 1.54) is 4.90 Å². The normalized spacial score (nSPS) is 19.9. The van der Waals surface area contributed by atoms with E-state index >= 15 is 0 Å². The van der Waals surface area contributed by atoms with Crippen LogP contribution in [0, 0.1) is 0 Å². The van der Waals surface area contributed by atoms with Crippen LogP contribution in [0.4, 0.5) is 0 Å². The topological polar surface area (TPSA) is 99.7 Å². The number of rotatable bonds is 6. The average molecular weight is 485 g/mol. The second-order valence-electron chi connectivity index (χ2n) is 9.32. The molecule has 2 saturated heterocycles. The fraction of sp³-hybridized carbons (Fsp3) is 0.321. The standard InChI is InChI=1S/C28H28N4O4/c1-2-7-22(30-26(34)20-12-11-18-8-3-4-9-19(18)16-20)28(36)31-15-13-23-25(31)24(33)17-32(23)27(35)21-10-5-6-14-29-21/h3-6,8-12,14,16,22-23,25H,2,7,13,15,17H2,1H3,(H,30,34). The van der Waals surface area contributed by atoms with Crippen LogP contribution in [-0.2, 0) is 9.59 Å². The van der Waals surface area contributed by atoms with Gasteiger partial charge in [0, 0.05) is 18.3 Å². The molecule has 3 atom stereocenters. The average Bonchev–Trinajstić information content (AvgIpc) is 3.49. The number of nitrogens with one attached hydrogen (secondary N) is 1. The number of pyridine rings is 1. The lowest BCUT2D eigenvalue weighted by molar-refractivity contribution is -0.138. The van der Waals surface area contributed by atoms with Gasteiger partial charge in [0.25, 0.3) is 11.8 Å². The predicted octanol–water partition coefficient (Wildman–Crippen LogP) is 2.83. The van der Waals surface area contributed by atoms with Crippen LogP contribution in [0.1, 0.15) is 47.0 Å². The van der Waals surface area contributed by atoms with E-state index in [-0.39, 0.29) is 41.8 Å². The van der Waals surface area contributed by atoms with Gasteiger partial charge in [-0.15, -0.1) is 0 Å². The van der Waals surface area contributed by atoms with Gasteiger partial charge in [0.05, 0.1) is 12.6 Å². The Morgan fingerprint density at radius 2 is 1.81 bits per heavy atom. The first-order valence-corrected chi connectivity index (χ1v) is 12.3. The number of hydrogen-bond donors (Lipinski definition) is 1. The molecule has 0 aliphatic carbocycles. The molecular weight excluding hydrogens is 456 g/mol. The lowest BCUT2D eigenvalue weighted by atomic mass is 10.0. The van der Waals surface area contributed by atoms with Crippen molar-refractivity contribution in [1.29, 1.82) is 0 Å². The number of carbonyl (C=O) groups is 4. The predicted molar refractivity (Wildman–Crippen MR) is 134 cm³/mol. The minimum atomic E-state index is -0.749. The zero-order valence-electron chi connectivity index (χ0n) is 20.1. The molecule has 3 heterocycles. The number of benzene rings is 2. The van der Waals surface area contributed by atoms with E-state index in [9.17, 15) is 19.2 Å². The quantitative estimate of drug-likeness (QED) is 0.580. The second kappa shape index (κ2) is 9.89. The summed E-state index contributed by atoms with van der Waals surface area (Å²) in [7, 11) is 0. The maximum absolute atomic E-state index is 13.6. The summed E-state index contributed by atoms with van der Waals surface area (Å²) in [5.74, 6) is -1.07. The third kappa shape index (κ3) is 4.34. The van der Waals surface area contributed by atoms with Crippen LogP contribution in [0.25, 0.3) is 10.8 Å². The first kappa shape index (κ1) is 23.7. The van der Waals surface area contributed by atoms with Gasteiger partial charge < -0.3 is 15.1 Å². The van der Waals surface area contributed by atoms with Crippen LogP contribution in [0.3, 0.4) is 0 Å². The number of hydrogen-bond acceptors (Lipinski definition) is 5. The van der Waals surface area contributed by atoms with Crippen molar-refractivity contribution in [3.63, 3.8) is 0 Å². The Hall–Kier alpha value is -4.07. The number of amides is 3. The van der Waals surface area contributed by atoms with Crippen molar-refractivity contribution in [3.8, 4) is 0 Å². The zero-order valence-corrected chi connectivity index (χ0v) is 20.1. The van der Waals surface area contributed by atoms with E-state index in [1.54, 1.807) is 35.4 Å². The Bertz CT molecular complexity index is 1330. The highest BCUT2D eigenvalue weighted by Gasteiger charge is 2.52. The van der Waals surface area contributed by atoms with Gasteiger partial charge in [-0.25, -0.2) is 0 Å². The van der Waals surface area contributed by atoms with E-state index in [0.717, 1.165) is 10.8 Å².